The number of hydrogen-bond acceptors (Lipinski definition) is 7. The van der Waals surface area contributed by atoms with Gasteiger partial charge in [-0.3, -0.25) is 0 Å². The summed E-state index contributed by atoms with van der Waals surface area (Å²) in [5, 5.41) is 21.2. The number of aryl methyl sites for hydroxylation is 1. The van der Waals surface area contributed by atoms with Crippen molar-refractivity contribution in [1.82, 2.24) is 0 Å². The molecule has 0 saturated heterocycles. The van der Waals surface area contributed by atoms with Gasteiger partial charge in [0.15, 0.2) is 0 Å². The number of aliphatic hydroxyl groups excluding tert-OH is 1. The average Bonchev–Trinajstić information content (AvgIpc) is 3.00. The van der Waals surface area contributed by atoms with Crippen molar-refractivity contribution in [2.75, 3.05) is 14.2 Å². The molecule has 2 aromatic rings. The Morgan fingerprint density at radius 3 is 2.57 bits per heavy atom. The van der Waals surface area contributed by atoms with Gasteiger partial charge in [0.05, 0.1) is 19.1 Å². The van der Waals surface area contributed by atoms with Gasteiger partial charge >= 0.3 is 5.97 Å². The number of aliphatic hydroxyl groups is 1. The van der Waals surface area contributed by atoms with E-state index in [1.807, 2.05) is 6.07 Å². The summed E-state index contributed by atoms with van der Waals surface area (Å²) in [4.78, 5) is 17.1. The molecule has 3 rings (SSSR count). The molecule has 0 amide bonds. The second-order valence-corrected chi connectivity index (χ2v) is 6.96. The molecule has 1 aliphatic heterocycles. The van der Waals surface area contributed by atoms with E-state index in [0.717, 1.165) is 11.8 Å². The maximum Gasteiger partial charge on any atom is 0.344 e. The third-order valence-corrected chi connectivity index (χ3v) is 5.16. The minimum atomic E-state index is -0.699. The molecule has 0 unspecified atom stereocenters. The Balaban J connectivity index is 2.11. The van der Waals surface area contributed by atoms with Crippen LogP contribution < -0.4 is 4.74 Å². The molecule has 0 radical (unpaired) electrons. The smallest absolute Gasteiger partial charge is 0.344 e. The summed E-state index contributed by atoms with van der Waals surface area (Å²) in [6, 6.07) is 12.4. The number of esters is 1. The number of phenolic OH excluding ortho intramolecular Hbond substituents is 1. The maximum atomic E-state index is 12.3. The van der Waals surface area contributed by atoms with Crippen molar-refractivity contribution < 1.29 is 24.5 Å². The lowest BCUT2D eigenvalue weighted by atomic mass is 10.1. The fourth-order valence-electron chi connectivity index (χ4n) is 2.66. The molecule has 0 fully saturated rings. The van der Waals surface area contributed by atoms with Gasteiger partial charge in [-0.1, -0.05) is 42.1 Å². The number of para-hydroxylation sites is 3. The molecule has 2 aromatic carbocycles. The SMILES string of the molecule is COC(=O)C1=C(O)C(=Cc2cccc(C)c2O)SC1=Nc1ccccc1OC. The predicted molar refractivity (Wildman–Crippen MR) is 110 cm³/mol. The molecule has 0 aromatic heterocycles. The molecule has 1 aliphatic rings. The van der Waals surface area contributed by atoms with Crippen LogP contribution in [-0.2, 0) is 9.53 Å². The number of ether oxygens (including phenoxy) is 2. The van der Waals surface area contributed by atoms with Crippen LogP contribution in [0.2, 0.25) is 0 Å². The maximum absolute atomic E-state index is 12.3. The van der Waals surface area contributed by atoms with E-state index >= 15 is 0 Å². The summed E-state index contributed by atoms with van der Waals surface area (Å²) in [6.45, 7) is 1.78. The number of carbonyl (C=O) groups is 1. The highest BCUT2D eigenvalue weighted by Gasteiger charge is 2.33. The third kappa shape index (κ3) is 3.75. The highest BCUT2D eigenvalue weighted by Crippen LogP contribution is 2.42. The van der Waals surface area contributed by atoms with Gasteiger partial charge in [-0.15, -0.1) is 0 Å². The predicted octanol–water partition coefficient (Wildman–Crippen LogP) is 4.51. The van der Waals surface area contributed by atoms with Crippen molar-refractivity contribution in [2.24, 2.45) is 4.99 Å². The summed E-state index contributed by atoms with van der Waals surface area (Å²) < 4.78 is 10.1. The number of aliphatic imine (C=N–C) groups is 1. The lowest BCUT2D eigenvalue weighted by Gasteiger charge is -2.05. The molecule has 2 N–H and O–H groups in total. The van der Waals surface area contributed by atoms with E-state index in [-0.39, 0.29) is 22.1 Å². The molecule has 0 atom stereocenters. The Labute approximate surface area is 166 Å². The van der Waals surface area contributed by atoms with Crippen molar-refractivity contribution in [2.45, 2.75) is 6.92 Å². The topological polar surface area (TPSA) is 88.4 Å². The van der Waals surface area contributed by atoms with Crippen LogP contribution in [0.25, 0.3) is 6.08 Å². The monoisotopic (exact) mass is 397 g/mol. The quantitative estimate of drug-likeness (QED) is 0.738. The number of aromatic hydroxyl groups is 1. The van der Waals surface area contributed by atoms with Crippen LogP contribution in [-0.4, -0.2) is 35.4 Å². The Bertz CT molecular complexity index is 1020. The lowest BCUT2D eigenvalue weighted by Crippen LogP contribution is -2.10. The number of carbonyl (C=O) groups excluding carboxylic acids is 1. The molecule has 144 valence electrons. The first kappa shape index (κ1) is 19.6. The van der Waals surface area contributed by atoms with Crippen molar-refractivity contribution in [3.8, 4) is 11.5 Å². The summed E-state index contributed by atoms with van der Waals surface area (Å²) in [5.74, 6) is -0.298. The van der Waals surface area contributed by atoms with E-state index in [0.29, 0.717) is 27.5 Å². The van der Waals surface area contributed by atoms with Gasteiger partial charge < -0.3 is 19.7 Å². The average molecular weight is 397 g/mol. The first-order valence-corrected chi connectivity index (χ1v) is 9.20. The Morgan fingerprint density at radius 1 is 1.11 bits per heavy atom. The Morgan fingerprint density at radius 2 is 1.86 bits per heavy atom. The third-order valence-electron chi connectivity index (χ3n) is 4.14. The lowest BCUT2D eigenvalue weighted by molar-refractivity contribution is -0.135. The molecule has 7 heteroatoms. The standard InChI is InChI=1S/C21H19NO5S/c1-12-7-6-8-13(18(12)23)11-16-19(24)17(21(25)27-3)20(28-16)22-14-9-4-5-10-15(14)26-2/h4-11,23-24H,1-3H3. The number of hydrogen-bond donors (Lipinski definition) is 2. The van der Waals surface area contributed by atoms with Gasteiger partial charge in [0.2, 0.25) is 0 Å². The zero-order chi connectivity index (χ0) is 20.3. The minimum Gasteiger partial charge on any atom is -0.507 e. The minimum absolute atomic E-state index is 0.0307. The molecule has 0 aliphatic carbocycles. The van der Waals surface area contributed by atoms with Gasteiger partial charge in [-0.25, -0.2) is 9.79 Å². The second kappa shape index (κ2) is 8.22. The van der Waals surface area contributed by atoms with Crippen molar-refractivity contribution >= 4 is 34.5 Å². The summed E-state index contributed by atoms with van der Waals surface area (Å²) >= 11 is 1.11. The van der Waals surface area contributed by atoms with Crippen molar-refractivity contribution in [1.29, 1.82) is 0 Å². The van der Waals surface area contributed by atoms with E-state index in [1.165, 1.54) is 14.2 Å². The fraction of sp³-hybridized carbons (Fsp3) is 0.143. The molecule has 28 heavy (non-hydrogen) atoms. The van der Waals surface area contributed by atoms with Crippen LogP contribution in [0, 0.1) is 6.92 Å². The van der Waals surface area contributed by atoms with Gasteiger partial charge in [0.25, 0.3) is 0 Å². The number of methoxy groups -OCH3 is 2. The van der Waals surface area contributed by atoms with Crippen LogP contribution in [0.1, 0.15) is 11.1 Å². The molecular weight excluding hydrogens is 378 g/mol. The number of phenols is 1. The normalized spacial score (nSPS) is 16.7. The van der Waals surface area contributed by atoms with E-state index < -0.39 is 5.97 Å². The number of rotatable bonds is 4. The number of nitrogens with zero attached hydrogens (tertiary/aromatic N) is 1. The first-order valence-electron chi connectivity index (χ1n) is 8.38. The Kier molecular flexibility index (Phi) is 5.75. The van der Waals surface area contributed by atoms with E-state index in [9.17, 15) is 15.0 Å². The van der Waals surface area contributed by atoms with Gasteiger partial charge in [-0.05, 0) is 30.7 Å². The zero-order valence-electron chi connectivity index (χ0n) is 15.6. The highest BCUT2D eigenvalue weighted by atomic mass is 32.2. The summed E-state index contributed by atoms with van der Waals surface area (Å²) in [5.41, 5.74) is 1.71. The second-order valence-electron chi connectivity index (χ2n) is 5.93. The van der Waals surface area contributed by atoms with E-state index in [1.54, 1.807) is 49.4 Å². The van der Waals surface area contributed by atoms with Crippen molar-refractivity contribution in [3.05, 3.63) is 69.8 Å². The number of benzene rings is 2. The summed E-state index contributed by atoms with van der Waals surface area (Å²) in [6.07, 6.45) is 1.61. The van der Waals surface area contributed by atoms with Crippen molar-refractivity contribution in [3.63, 3.8) is 0 Å². The molecule has 0 bridgehead atoms. The van der Waals surface area contributed by atoms with Crippen LogP contribution >= 0.6 is 11.8 Å². The molecule has 6 nitrogen and oxygen atoms in total. The molecule has 1 heterocycles. The van der Waals surface area contributed by atoms with Crippen LogP contribution in [0.3, 0.4) is 0 Å². The van der Waals surface area contributed by atoms with Gasteiger partial charge in [0, 0.05) is 5.56 Å². The van der Waals surface area contributed by atoms with Gasteiger partial charge in [-0.2, -0.15) is 0 Å². The Hall–Kier alpha value is -3.19. The molecule has 0 saturated carbocycles. The zero-order valence-corrected chi connectivity index (χ0v) is 16.4. The van der Waals surface area contributed by atoms with E-state index in [4.69, 9.17) is 9.47 Å². The van der Waals surface area contributed by atoms with Gasteiger partial charge in [0.1, 0.15) is 33.6 Å². The summed E-state index contributed by atoms with van der Waals surface area (Å²) in [7, 11) is 2.77. The number of thioether (sulfide) groups is 1. The molecule has 0 spiro atoms. The largest absolute Gasteiger partial charge is 0.507 e. The van der Waals surface area contributed by atoms with Crippen LogP contribution in [0.15, 0.2) is 63.7 Å². The van der Waals surface area contributed by atoms with Crippen LogP contribution in [0.4, 0.5) is 5.69 Å². The highest BCUT2D eigenvalue weighted by molar-refractivity contribution is 8.18. The van der Waals surface area contributed by atoms with E-state index in [2.05, 4.69) is 4.99 Å². The fourth-order valence-corrected chi connectivity index (χ4v) is 3.68. The molecular formula is C21H19NO5S. The first-order chi connectivity index (χ1) is 13.5. The van der Waals surface area contributed by atoms with Crippen LogP contribution in [0.5, 0.6) is 11.5 Å².